The fraction of sp³-hybridized carbons (Fsp3) is 0.318. The van der Waals surface area contributed by atoms with E-state index in [1.807, 2.05) is 19.3 Å². The monoisotopic (exact) mass is 405 g/mol. The number of hydrogen-bond donors (Lipinski definition) is 1. The van der Waals surface area contributed by atoms with E-state index in [-0.39, 0.29) is 5.56 Å². The van der Waals surface area contributed by atoms with Gasteiger partial charge < -0.3 is 5.32 Å². The third kappa shape index (κ3) is 3.63. The summed E-state index contributed by atoms with van der Waals surface area (Å²) < 4.78 is 3.45. The molecular weight excluding hydrogens is 382 g/mol. The van der Waals surface area contributed by atoms with E-state index in [4.69, 9.17) is 0 Å². The molecule has 0 spiro atoms. The van der Waals surface area contributed by atoms with E-state index in [1.54, 1.807) is 33.1 Å². The van der Waals surface area contributed by atoms with Gasteiger partial charge in [0.1, 0.15) is 4.83 Å². The summed E-state index contributed by atoms with van der Waals surface area (Å²) in [7, 11) is 1.88. The summed E-state index contributed by atoms with van der Waals surface area (Å²) in [6.07, 6.45) is 8.33. The molecule has 3 aromatic heterocycles. The van der Waals surface area contributed by atoms with Gasteiger partial charge in [0.25, 0.3) is 5.56 Å². The molecule has 0 aliphatic heterocycles. The van der Waals surface area contributed by atoms with Crippen LogP contribution in [0.1, 0.15) is 28.0 Å². The summed E-state index contributed by atoms with van der Waals surface area (Å²) in [6, 6.07) is 10.9. The predicted octanol–water partition coefficient (Wildman–Crippen LogP) is 2.89. The largest absolute Gasteiger partial charge is 0.310 e. The first-order valence-corrected chi connectivity index (χ1v) is 10.7. The summed E-state index contributed by atoms with van der Waals surface area (Å²) in [4.78, 5) is 19.9. The van der Waals surface area contributed by atoms with Gasteiger partial charge in [-0.3, -0.25) is 14.0 Å². The highest BCUT2D eigenvalue weighted by Gasteiger charge is 2.25. The number of nitrogens with one attached hydrogen (secondary N) is 1. The molecule has 1 N–H and O–H groups in total. The standard InChI is InChI=1S/C22H23N5OS/c1-26-12-16(11-25-26)13-27-14-24-21-20(22(27)28)18-8-7-17(9-19(18)29-21)23-10-15-5-3-2-4-6-15/h2-6,11-12,14,17,23H,7-10,13H2,1H3. The van der Waals surface area contributed by atoms with Gasteiger partial charge in [-0.15, -0.1) is 11.3 Å². The number of aromatic nitrogens is 4. The Kier molecular flexibility index (Phi) is 4.77. The van der Waals surface area contributed by atoms with Crippen LogP contribution in [0.5, 0.6) is 0 Å². The summed E-state index contributed by atoms with van der Waals surface area (Å²) in [5.41, 5.74) is 3.58. The minimum Gasteiger partial charge on any atom is -0.310 e. The molecule has 148 valence electrons. The van der Waals surface area contributed by atoms with Crippen LogP contribution in [-0.2, 0) is 33.0 Å². The van der Waals surface area contributed by atoms with Crippen molar-refractivity contribution in [1.82, 2.24) is 24.6 Å². The first-order chi connectivity index (χ1) is 14.2. The van der Waals surface area contributed by atoms with Gasteiger partial charge in [0, 0.05) is 36.3 Å². The van der Waals surface area contributed by atoms with Crippen molar-refractivity contribution in [2.45, 2.75) is 38.4 Å². The van der Waals surface area contributed by atoms with Crippen LogP contribution in [0, 0.1) is 0 Å². The Bertz CT molecular complexity index is 1210. The molecule has 6 nitrogen and oxygen atoms in total. The second kappa shape index (κ2) is 7.57. The van der Waals surface area contributed by atoms with Crippen molar-refractivity contribution >= 4 is 21.6 Å². The molecule has 0 amide bonds. The molecule has 3 heterocycles. The topological polar surface area (TPSA) is 64.7 Å². The minimum atomic E-state index is 0.0621. The number of rotatable bonds is 5. The van der Waals surface area contributed by atoms with Crippen molar-refractivity contribution in [2.24, 2.45) is 7.05 Å². The van der Waals surface area contributed by atoms with Crippen molar-refractivity contribution in [2.75, 3.05) is 0 Å². The van der Waals surface area contributed by atoms with E-state index >= 15 is 0 Å². The van der Waals surface area contributed by atoms with Crippen LogP contribution in [0.25, 0.3) is 10.2 Å². The highest BCUT2D eigenvalue weighted by Crippen LogP contribution is 2.33. The molecule has 1 atom stereocenters. The Labute approximate surface area is 172 Å². The van der Waals surface area contributed by atoms with Gasteiger partial charge in [0.2, 0.25) is 0 Å². The molecule has 0 radical (unpaired) electrons. The van der Waals surface area contributed by atoms with Crippen LogP contribution in [-0.4, -0.2) is 25.4 Å². The second-order valence-electron chi connectivity index (χ2n) is 7.69. The lowest BCUT2D eigenvalue weighted by Crippen LogP contribution is -2.33. The maximum absolute atomic E-state index is 13.2. The van der Waals surface area contributed by atoms with Gasteiger partial charge in [0.05, 0.1) is 24.5 Å². The Hall–Kier alpha value is -2.77. The molecular formula is C22H23N5OS. The fourth-order valence-corrected chi connectivity index (χ4v) is 5.35. The quantitative estimate of drug-likeness (QED) is 0.555. The molecule has 0 bridgehead atoms. The van der Waals surface area contributed by atoms with Crippen LogP contribution >= 0.6 is 11.3 Å². The van der Waals surface area contributed by atoms with Crippen molar-refractivity contribution < 1.29 is 0 Å². The van der Waals surface area contributed by atoms with Gasteiger partial charge in [-0.05, 0) is 30.4 Å². The normalized spacial score (nSPS) is 16.2. The minimum absolute atomic E-state index is 0.0621. The number of nitrogens with zero attached hydrogens (tertiary/aromatic N) is 4. The molecule has 4 aromatic rings. The van der Waals surface area contributed by atoms with Crippen LogP contribution in [0.3, 0.4) is 0 Å². The number of aryl methyl sites for hydroxylation is 2. The average molecular weight is 406 g/mol. The third-order valence-electron chi connectivity index (χ3n) is 5.58. The van der Waals surface area contributed by atoms with E-state index in [1.165, 1.54) is 16.0 Å². The first kappa shape index (κ1) is 18.3. The first-order valence-electron chi connectivity index (χ1n) is 9.92. The lowest BCUT2D eigenvalue weighted by molar-refractivity contribution is 0.462. The smallest absolute Gasteiger partial charge is 0.262 e. The van der Waals surface area contributed by atoms with E-state index in [2.05, 4.69) is 39.7 Å². The molecule has 1 aliphatic carbocycles. The summed E-state index contributed by atoms with van der Waals surface area (Å²) >= 11 is 1.68. The summed E-state index contributed by atoms with van der Waals surface area (Å²) in [5.74, 6) is 0. The maximum atomic E-state index is 13.2. The number of fused-ring (bicyclic) bond motifs is 3. The lowest BCUT2D eigenvalue weighted by atomic mass is 9.93. The van der Waals surface area contributed by atoms with Gasteiger partial charge in [-0.25, -0.2) is 4.98 Å². The van der Waals surface area contributed by atoms with Crippen molar-refractivity contribution in [3.05, 3.63) is 81.0 Å². The highest BCUT2D eigenvalue weighted by atomic mass is 32.1. The van der Waals surface area contributed by atoms with Crippen molar-refractivity contribution in [3.63, 3.8) is 0 Å². The van der Waals surface area contributed by atoms with Crippen LogP contribution < -0.4 is 10.9 Å². The second-order valence-corrected chi connectivity index (χ2v) is 8.77. The van der Waals surface area contributed by atoms with E-state index in [0.29, 0.717) is 12.6 Å². The fourth-order valence-electron chi connectivity index (χ4n) is 4.10. The molecule has 0 saturated heterocycles. The van der Waals surface area contributed by atoms with E-state index < -0.39 is 0 Å². The molecule has 1 unspecified atom stereocenters. The molecule has 5 rings (SSSR count). The van der Waals surface area contributed by atoms with Crippen molar-refractivity contribution in [3.8, 4) is 0 Å². The average Bonchev–Trinajstić information content (AvgIpc) is 3.32. The number of benzene rings is 1. The zero-order valence-electron chi connectivity index (χ0n) is 16.3. The zero-order valence-corrected chi connectivity index (χ0v) is 17.2. The Balaban J connectivity index is 1.38. The Morgan fingerprint density at radius 1 is 1.24 bits per heavy atom. The van der Waals surface area contributed by atoms with E-state index in [9.17, 15) is 4.79 Å². The van der Waals surface area contributed by atoms with Gasteiger partial charge >= 0.3 is 0 Å². The van der Waals surface area contributed by atoms with Crippen molar-refractivity contribution in [1.29, 1.82) is 0 Å². The van der Waals surface area contributed by atoms with Crippen LogP contribution in [0.15, 0.2) is 53.8 Å². The molecule has 7 heteroatoms. The van der Waals surface area contributed by atoms with E-state index in [0.717, 1.165) is 41.6 Å². The van der Waals surface area contributed by atoms with Crippen LogP contribution in [0.2, 0.25) is 0 Å². The molecule has 1 aliphatic rings. The highest BCUT2D eigenvalue weighted by molar-refractivity contribution is 7.18. The maximum Gasteiger partial charge on any atom is 0.262 e. The SMILES string of the molecule is Cn1cc(Cn2cnc3sc4c(c3c2=O)CCC(NCc2ccccc2)C4)cn1. The molecule has 1 aromatic carbocycles. The molecule has 0 saturated carbocycles. The zero-order chi connectivity index (χ0) is 19.8. The third-order valence-corrected chi connectivity index (χ3v) is 6.75. The summed E-state index contributed by atoms with van der Waals surface area (Å²) in [5, 5.41) is 8.68. The Morgan fingerprint density at radius 2 is 2.10 bits per heavy atom. The Morgan fingerprint density at radius 3 is 2.90 bits per heavy atom. The number of thiophene rings is 1. The lowest BCUT2D eigenvalue weighted by Gasteiger charge is -2.23. The van der Waals surface area contributed by atoms with Gasteiger partial charge in [0.15, 0.2) is 0 Å². The summed E-state index contributed by atoms with van der Waals surface area (Å²) in [6.45, 7) is 1.38. The predicted molar refractivity (Wildman–Crippen MR) is 115 cm³/mol. The number of hydrogen-bond acceptors (Lipinski definition) is 5. The molecule has 0 fully saturated rings. The van der Waals surface area contributed by atoms with Crippen LogP contribution in [0.4, 0.5) is 0 Å². The van der Waals surface area contributed by atoms with Gasteiger partial charge in [-0.2, -0.15) is 5.10 Å². The molecule has 29 heavy (non-hydrogen) atoms. The van der Waals surface area contributed by atoms with Gasteiger partial charge in [-0.1, -0.05) is 30.3 Å².